The Morgan fingerprint density at radius 1 is 1.24 bits per heavy atom. The maximum atomic E-state index is 14.8. The number of benzene rings is 2. The van der Waals surface area contributed by atoms with E-state index in [-0.39, 0.29) is 10.8 Å². The average molecular weight is 552 g/mol. The van der Waals surface area contributed by atoms with Crippen LogP contribution in [0.25, 0.3) is 10.9 Å². The molecule has 1 aromatic heterocycles. The van der Waals surface area contributed by atoms with E-state index in [1.54, 1.807) is 18.2 Å². The van der Waals surface area contributed by atoms with Gasteiger partial charge < -0.3 is 20.5 Å². The molecule has 0 spiro atoms. The number of thioether (sulfide) groups is 1. The molecule has 11 heteroatoms. The van der Waals surface area contributed by atoms with Crippen molar-refractivity contribution >= 4 is 28.6 Å². The van der Waals surface area contributed by atoms with Crippen LogP contribution in [0.3, 0.4) is 0 Å². The van der Waals surface area contributed by atoms with Gasteiger partial charge in [0, 0.05) is 46.8 Å². The monoisotopic (exact) mass is 551 g/mol. The summed E-state index contributed by atoms with van der Waals surface area (Å²) < 4.78 is 60.8. The number of hydrogen-bond donors (Lipinski definition) is 2. The van der Waals surface area contributed by atoms with Crippen LogP contribution in [0.4, 0.5) is 17.6 Å². The molecule has 0 saturated carbocycles. The van der Waals surface area contributed by atoms with Crippen molar-refractivity contribution < 1.29 is 32.2 Å². The molecule has 3 atom stereocenters. The molecule has 1 aliphatic rings. The molecular weight excluding hydrogens is 522 g/mol. The van der Waals surface area contributed by atoms with Crippen LogP contribution in [0.1, 0.15) is 30.9 Å². The molecule has 2 heterocycles. The lowest BCUT2D eigenvalue weighted by Gasteiger charge is -2.37. The number of pyridine rings is 1. The van der Waals surface area contributed by atoms with Crippen molar-refractivity contribution in [3.05, 3.63) is 65.4 Å². The van der Waals surface area contributed by atoms with E-state index in [1.807, 2.05) is 4.90 Å². The second-order valence-electron chi connectivity index (χ2n) is 9.43. The lowest BCUT2D eigenvalue weighted by atomic mass is 9.81. The molecule has 3 aromatic rings. The summed E-state index contributed by atoms with van der Waals surface area (Å²) in [5, 5.41) is 10.4. The Morgan fingerprint density at radius 3 is 2.76 bits per heavy atom. The smallest absolute Gasteiger partial charge is 0.308 e. The van der Waals surface area contributed by atoms with E-state index in [0.29, 0.717) is 72.9 Å². The van der Waals surface area contributed by atoms with Crippen LogP contribution < -0.4 is 10.5 Å². The number of carbonyl (C=O) groups is 1. The number of nitrogens with zero attached hydrogens (tertiary/aromatic N) is 2. The van der Waals surface area contributed by atoms with E-state index in [4.69, 9.17) is 10.5 Å². The lowest BCUT2D eigenvalue weighted by Crippen LogP contribution is -2.44. The molecule has 6 nitrogen and oxygen atoms in total. The minimum absolute atomic E-state index is 0.116. The van der Waals surface area contributed by atoms with E-state index >= 15 is 0 Å². The van der Waals surface area contributed by atoms with Crippen molar-refractivity contribution in [1.82, 2.24) is 9.88 Å². The first-order chi connectivity index (χ1) is 18.2. The third kappa shape index (κ3) is 6.39. The Labute approximate surface area is 222 Å². The van der Waals surface area contributed by atoms with E-state index in [1.165, 1.54) is 7.11 Å². The number of piperidine rings is 1. The summed E-state index contributed by atoms with van der Waals surface area (Å²) in [4.78, 5) is 18.0. The van der Waals surface area contributed by atoms with Crippen molar-refractivity contribution in [2.45, 2.75) is 30.2 Å². The minimum atomic E-state index is -1.24. The van der Waals surface area contributed by atoms with E-state index in [2.05, 4.69) is 4.98 Å². The number of aliphatic carboxylic acids is 1. The quantitative estimate of drug-likeness (QED) is 0.198. The van der Waals surface area contributed by atoms with Crippen LogP contribution >= 0.6 is 11.8 Å². The van der Waals surface area contributed by atoms with Crippen LogP contribution in [0.2, 0.25) is 0 Å². The van der Waals surface area contributed by atoms with Crippen LogP contribution in [0, 0.1) is 35.1 Å². The predicted octanol–water partition coefficient (Wildman–Crippen LogP) is 5.39. The molecule has 0 radical (unpaired) electrons. The SMILES string of the molecule is COc1ccc2ncc(F)c(C(N)CCC3CCN(CCSc4cc(F)cc(F)c4F)CC3C(=O)O)c2c1. The number of halogens is 4. The van der Waals surface area contributed by atoms with Gasteiger partial charge in [0.25, 0.3) is 0 Å². The maximum absolute atomic E-state index is 14.8. The maximum Gasteiger partial charge on any atom is 0.308 e. The lowest BCUT2D eigenvalue weighted by molar-refractivity contribution is -0.146. The third-order valence-electron chi connectivity index (χ3n) is 7.07. The summed E-state index contributed by atoms with van der Waals surface area (Å²) >= 11 is 0.986. The fraction of sp³-hybridized carbons (Fsp3) is 0.407. The van der Waals surface area contributed by atoms with Crippen molar-refractivity contribution in [3.63, 3.8) is 0 Å². The molecule has 4 rings (SSSR count). The number of aromatic nitrogens is 1. The Hall–Kier alpha value is -2.89. The summed E-state index contributed by atoms with van der Waals surface area (Å²) in [7, 11) is 1.52. The predicted molar refractivity (Wildman–Crippen MR) is 137 cm³/mol. The minimum Gasteiger partial charge on any atom is -0.497 e. The number of fused-ring (bicyclic) bond motifs is 1. The van der Waals surface area contributed by atoms with Gasteiger partial charge in [0.2, 0.25) is 0 Å². The molecule has 2 aromatic carbocycles. The molecule has 1 aliphatic heterocycles. The van der Waals surface area contributed by atoms with Gasteiger partial charge in [-0.1, -0.05) is 0 Å². The number of carboxylic acid groups (broad SMARTS) is 1. The van der Waals surface area contributed by atoms with Crippen molar-refractivity contribution in [2.24, 2.45) is 17.6 Å². The van der Waals surface area contributed by atoms with Crippen LogP contribution in [0.5, 0.6) is 5.75 Å². The van der Waals surface area contributed by atoms with Gasteiger partial charge in [-0.25, -0.2) is 17.6 Å². The fourth-order valence-electron chi connectivity index (χ4n) is 5.03. The van der Waals surface area contributed by atoms with Crippen LogP contribution in [-0.2, 0) is 4.79 Å². The van der Waals surface area contributed by atoms with Gasteiger partial charge in [-0.2, -0.15) is 0 Å². The summed E-state index contributed by atoms with van der Waals surface area (Å²) in [5.74, 6) is -4.52. The van der Waals surface area contributed by atoms with Gasteiger partial charge in [-0.3, -0.25) is 9.78 Å². The molecule has 0 amide bonds. The number of nitrogens with two attached hydrogens (primary N) is 1. The first kappa shape index (κ1) is 28.1. The van der Waals surface area contributed by atoms with Gasteiger partial charge in [0.1, 0.15) is 17.4 Å². The molecule has 0 bridgehead atoms. The molecule has 204 valence electrons. The van der Waals surface area contributed by atoms with Gasteiger partial charge in [-0.15, -0.1) is 11.8 Å². The highest BCUT2D eigenvalue weighted by Gasteiger charge is 2.34. The van der Waals surface area contributed by atoms with E-state index < -0.39 is 41.2 Å². The second kappa shape index (κ2) is 12.3. The zero-order valence-electron chi connectivity index (χ0n) is 20.8. The number of rotatable bonds is 10. The molecule has 3 unspecified atom stereocenters. The standard InChI is InChI=1S/C27H29F4N3O3S/c1-37-17-3-5-23-18(12-17)25(21(30)13-33-23)22(32)4-2-15-6-7-34(14-19(15)27(35)36)8-9-38-24-11-16(28)10-20(29)26(24)31/h3,5,10-13,15,19,22H,2,4,6-9,14,32H2,1H3,(H,35,36). The topological polar surface area (TPSA) is 88.7 Å². The molecular formula is C27H29F4N3O3S. The Kier molecular flexibility index (Phi) is 9.11. The summed E-state index contributed by atoms with van der Waals surface area (Å²) in [6, 6.07) is 5.95. The molecule has 3 N–H and O–H groups in total. The highest BCUT2D eigenvalue weighted by Crippen LogP contribution is 2.34. The van der Waals surface area contributed by atoms with Gasteiger partial charge in [0.05, 0.1) is 24.7 Å². The molecule has 0 aliphatic carbocycles. The first-order valence-electron chi connectivity index (χ1n) is 12.3. The average Bonchev–Trinajstić information content (AvgIpc) is 2.89. The second-order valence-corrected chi connectivity index (χ2v) is 10.6. The highest BCUT2D eigenvalue weighted by molar-refractivity contribution is 7.99. The molecule has 38 heavy (non-hydrogen) atoms. The van der Waals surface area contributed by atoms with Gasteiger partial charge in [0.15, 0.2) is 11.6 Å². The summed E-state index contributed by atoms with van der Waals surface area (Å²) in [6.07, 6.45) is 2.64. The number of ether oxygens (including phenoxy) is 1. The van der Waals surface area contributed by atoms with Crippen molar-refractivity contribution in [1.29, 1.82) is 0 Å². The van der Waals surface area contributed by atoms with Gasteiger partial charge >= 0.3 is 5.97 Å². The Bertz CT molecular complexity index is 1310. The summed E-state index contributed by atoms with van der Waals surface area (Å²) in [5.41, 5.74) is 7.34. The number of hydrogen-bond acceptors (Lipinski definition) is 6. The largest absolute Gasteiger partial charge is 0.497 e. The zero-order valence-corrected chi connectivity index (χ0v) is 21.6. The Morgan fingerprint density at radius 2 is 2.03 bits per heavy atom. The van der Waals surface area contributed by atoms with Crippen LogP contribution in [0.15, 0.2) is 41.4 Å². The number of likely N-dealkylation sites (tertiary alicyclic amines) is 1. The van der Waals surface area contributed by atoms with Crippen LogP contribution in [-0.4, -0.2) is 53.5 Å². The number of methoxy groups -OCH3 is 1. The van der Waals surface area contributed by atoms with Gasteiger partial charge in [-0.05, 0) is 56.0 Å². The molecule has 1 fully saturated rings. The highest BCUT2D eigenvalue weighted by atomic mass is 32.2. The normalized spacial score (nSPS) is 19.0. The van der Waals surface area contributed by atoms with Crippen molar-refractivity contribution in [3.8, 4) is 5.75 Å². The fourth-order valence-corrected chi connectivity index (χ4v) is 6.02. The first-order valence-corrected chi connectivity index (χ1v) is 13.3. The van der Waals surface area contributed by atoms with E-state index in [9.17, 15) is 27.5 Å². The third-order valence-corrected chi connectivity index (χ3v) is 8.06. The summed E-state index contributed by atoms with van der Waals surface area (Å²) in [6.45, 7) is 1.35. The number of carboxylic acids is 1. The molecule has 1 saturated heterocycles. The van der Waals surface area contributed by atoms with Crippen molar-refractivity contribution in [2.75, 3.05) is 32.5 Å². The zero-order chi connectivity index (χ0) is 27.4. The Balaban J connectivity index is 1.36. The van der Waals surface area contributed by atoms with E-state index in [0.717, 1.165) is 24.0 Å².